The average molecular weight is 228 g/mol. The molecule has 1 fully saturated rings. The van der Waals surface area contributed by atoms with Crippen LogP contribution in [-0.4, -0.2) is 24.6 Å². The van der Waals surface area contributed by atoms with Crippen LogP contribution in [0, 0.1) is 11.8 Å². The summed E-state index contributed by atoms with van der Waals surface area (Å²) in [5.74, 6) is 0.0875. The molecule has 0 bridgehead atoms. The van der Waals surface area contributed by atoms with Gasteiger partial charge in [0.2, 0.25) is 0 Å². The molecule has 1 saturated carbocycles. The molecule has 0 heterocycles. The molecule has 3 atom stereocenters. The smallest absolute Gasteiger partial charge is 0.302 e. The van der Waals surface area contributed by atoms with Crippen LogP contribution in [0.4, 0.5) is 0 Å². The Morgan fingerprint density at radius 2 is 1.94 bits per heavy atom. The lowest BCUT2D eigenvalue weighted by atomic mass is 9.91. The zero-order valence-electron chi connectivity index (χ0n) is 10.2. The van der Waals surface area contributed by atoms with E-state index in [9.17, 15) is 9.59 Å². The summed E-state index contributed by atoms with van der Waals surface area (Å²) in [4.78, 5) is 21.6. The monoisotopic (exact) mass is 228 g/mol. The molecule has 0 saturated heterocycles. The van der Waals surface area contributed by atoms with Gasteiger partial charge in [0.25, 0.3) is 0 Å². The van der Waals surface area contributed by atoms with Gasteiger partial charge in [-0.05, 0) is 25.2 Å². The first-order valence-corrected chi connectivity index (χ1v) is 5.81. The van der Waals surface area contributed by atoms with E-state index in [0.717, 1.165) is 19.3 Å². The fourth-order valence-electron chi connectivity index (χ4n) is 2.34. The summed E-state index contributed by atoms with van der Waals surface area (Å²) in [6.45, 7) is 5.30. The Hall–Kier alpha value is -1.06. The fraction of sp³-hybridized carbons (Fsp3) is 0.833. The van der Waals surface area contributed by atoms with Crippen molar-refractivity contribution in [3.8, 4) is 0 Å². The second kappa shape index (κ2) is 5.87. The highest BCUT2D eigenvalue weighted by Gasteiger charge is 2.34. The van der Waals surface area contributed by atoms with E-state index in [0.29, 0.717) is 12.5 Å². The molecule has 92 valence electrons. The lowest BCUT2D eigenvalue weighted by Gasteiger charge is -2.24. The number of carbonyl (C=O) groups is 2. The Kier molecular flexibility index (Phi) is 4.77. The van der Waals surface area contributed by atoms with E-state index >= 15 is 0 Å². The molecule has 0 radical (unpaired) electrons. The van der Waals surface area contributed by atoms with Crippen LogP contribution in [-0.2, 0) is 19.1 Å². The van der Waals surface area contributed by atoms with Crippen LogP contribution >= 0.6 is 0 Å². The molecule has 0 amide bonds. The van der Waals surface area contributed by atoms with Crippen LogP contribution in [0.15, 0.2) is 0 Å². The van der Waals surface area contributed by atoms with E-state index in [2.05, 4.69) is 0 Å². The van der Waals surface area contributed by atoms with Crippen LogP contribution < -0.4 is 0 Å². The lowest BCUT2D eigenvalue weighted by Crippen LogP contribution is -2.28. The third-order valence-electron chi connectivity index (χ3n) is 3.10. The number of ether oxygens (including phenoxy) is 2. The summed E-state index contributed by atoms with van der Waals surface area (Å²) in [6.07, 6.45) is 3.05. The van der Waals surface area contributed by atoms with Crippen molar-refractivity contribution in [3.05, 3.63) is 0 Å². The third kappa shape index (κ3) is 3.83. The Bertz CT molecular complexity index is 262. The topological polar surface area (TPSA) is 52.6 Å². The number of carbonyl (C=O) groups excluding carboxylic acids is 2. The first-order valence-electron chi connectivity index (χ1n) is 5.81. The van der Waals surface area contributed by atoms with Gasteiger partial charge in [0.1, 0.15) is 6.10 Å². The summed E-state index contributed by atoms with van der Waals surface area (Å²) in [5, 5.41) is 0. The highest BCUT2D eigenvalue weighted by Crippen LogP contribution is 2.34. The minimum atomic E-state index is -0.256. The first-order chi connectivity index (χ1) is 7.50. The molecular formula is C12H20O4. The van der Waals surface area contributed by atoms with E-state index in [4.69, 9.17) is 9.47 Å². The normalized spacial score (nSPS) is 26.2. The van der Waals surface area contributed by atoms with Gasteiger partial charge in [0.05, 0.1) is 6.61 Å². The Morgan fingerprint density at radius 3 is 2.50 bits per heavy atom. The van der Waals surface area contributed by atoms with Crippen molar-refractivity contribution in [1.82, 2.24) is 0 Å². The van der Waals surface area contributed by atoms with E-state index < -0.39 is 0 Å². The van der Waals surface area contributed by atoms with Gasteiger partial charge in [-0.1, -0.05) is 6.92 Å². The molecule has 1 aliphatic carbocycles. The second-order valence-corrected chi connectivity index (χ2v) is 4.52. The van der Waals surface area contributed by atoms with Gasteiger partial charge in [-0.25, -0.2) is 0 Å². The molecule has 4 nitrogen and oxygen atoms in total. The van der Waals surface area contributed by atoms with Gasteiger partial charge in [-0.15, -0.1) is 0 Å². The van der Waals surface area contributed by atoms with Crippen molar-refractivity contribution in [3.63, 3.8) is 0 Å². The minimum absolute atomic E-state index is 0.00283. The van der Waals surface area contributed by atoms with Gasteiger partial charge in [0, 0.05) is 19.8 Å². The van der Waals surface area contributed by atoms with E-state index in [-0.39, 0.29) is 24.0 Å². The summed E-state index contributed by atoms with van der Waals surface area (Å²) < 4.78 is 10.3. The summed E-state index contributed by atoms with van der Waals surface area (Å²) >= 11 is 0. The quantitative estimate of drug-likeness (QED) is 0.690. The van der Waals surface area contributed by atoms with Crippen LogP contribution in [0.2, 0.25) is 0 Å². The highest BCUT2D eigenvalue weighted by atomic mass is 16.5. The third-order valence-corrected chi connectivity index (χ3v) is 3.10. The van der Waals surface area contributed by atoms with Crippen LogP contribution in [0.5, 0.6) is 0 Å². The maximum atomic E-state index is 10.9. The molecule has 0 aromatic rings. The van der Waals surface area contributed by atoms with Crippen molar-refractivity contribution < 1.29 is 19.1 Å². The first kappa shape index (κ1) is 13.0. The molecule has 1 rings (SSSR count). The van der Waals surface area contributed by atoms with Gasteiger partial charge < -0.3 is 9.47 Å². The fourth-order valence-corrected chi connectivity index (χ4v) is 2.34. The SMILES string of the molecule is CC(=O)OC[C@@H](C)[C@@H]1CCC[C@@H]1OC(C)=O. The molecule has 0 N–H and O–H groups in total. The Morgan fingerprint density at radius 1 is 1.25 bits per heavy atom. The Balaban J connectivity index is 2.43. The lowest BCUT2D eigenvalue weighted by molar-refractivity contribution is -0.151. The molecule has 4 heteroatoms. The minimum Gasteiger partial charge on any atom is -0.466 e. The van der Waals surface area contributed by atoms with E-state index in [1.807, 2.05) is 6.92 Å². The van der Waals surface area contributed by atoms with Crippen LogP contribution in [0.25, 0.3) is 0 Å². The molecule has 0 aromatic carbocycles. The molecule has 0 aliphatic heterocycles. The van der Waals surface area contributed by atoms with Gasteiger partial charge in [-0.3, -0.25) is 9.59 Å². The highest BCUT2D eigenvalue weighted by molar-refractivity contribution is 5.66. The summed E-state index contributed by atoms with van der Waals surface area (Å²) in [7, 11) is 0. The summed E-state index contributed by atoms with van der Waals surface area (Å²) in [5.41, 5.74) is 0. The van der Waals surface area contributed by atoms with E-state index in [1.54, 1.807) is 0 Å². The van der Waals surface area contributed by atoms with Crippen molar-refractivity contribution in [1.29, 1.82) is 0 Å². The number of rotatable bonds is 4. The predicted molar refractivity (Wildman–Crippen MR) is 58.7 cm³/mol. The maximum Gasteiger partial charge on any atom is 0.302 e. The van der Waals surface area contributed by atoms with Crippen molar-refractivity contribution in [2.75, 3.05) is 6.61 Å². The molecule has 0 aromatic heterocycles. The second-order valence-electron chi connectivity index (χ2n) is 4.52. The zero-order chi connectivity index (χ0) is 12.1. The number of hydrogen-bond donors (Lipinski definition) is 0. The number of esters is 2. The van der Waals surface area contributed by atoms with Crippen LogP contribution in [0.1, 0.15) is 40.0 Å². The maximum absolute atomic E-state index is 10.9. The van der Waals surface area contributed by atoms with E-state index in [1.165, 1.54) is 13.8 Å². The molecule has 1 aliphatic rings. The van der Waals surface area contributed by atoms with Gasteiger partial charge in [-0.2, -0.15) is 0 Å². The van der Waals surface area contributed by atoms with Crippen molar-refractivity contribution in [2.24, 2.45) is 11.8 Å². The Labute approximate surface area is 96.3 Å². The zero-order valence-corrected chi connectivity index (χ0v) is 10.2. The van der Waals surface area contributed by atoms with Gasteiger partial charge >= 0.3 is 11.9 Å². The van der Waals surface area contributed by atoms with Crippen LogP contribution in [0.3, 0.4) is 0 Å². The molecule has 0 spiro atoms. The van der Waals surface area contributed by atoms with Crippen molar-refractivity contribution >= 4 is 11.9 Å². The molecular weight excluding hydrogens is 208 g/mol. The van der Waals surface area contributed by atoms with Crippen molar-refractivity contribution in [2.45, 2.75) is 46.1 Å². The largest absolute Gasteiger partial charge is 0.466 e. The standard InChI is InChI=1S/C12H20O4/c1-8(7-15-9(2)13)11-5-4-6-12(11)16-10(3)14/h8,11-12H,4-7H2,1-3H3/t8-,11+,12+/m1/s1. The average Bonchev–Trinajstić information content (AvgIpc) is 2.61. The summed E-state index contributed by atoms with van der Waals surface area (Å²) in [6, 6.07) is 0. The number of hydrogen-bond acceptors (Lipinski definition) is 4. The molecule has 0 unspecified atom stereocenters. The van der Waals surface area contributed by atoms with Gasteiger partial charge in [0.15, 0.2) is 0 Å². The predicted octanol–water partition coefficient (Wildman–Crippen LogP) is 1.92. The molecule has 16 heavy (non-hydrogen) atoms.